The van der Waals surface area contributed by atoms with Crippen LogP contribution in [-0.2, 0) is 6.42 Å². The van der Waals surface area contributed by atoms with Gasteiger partial charge < -0.3 is 10.1 Å². The lowest BCUT2D eigenvalue weighted by molar-refractivity contribution is 0.0945. The Morgan fingerprint density at radius 1 is 1.44 bits per heavy atom. The van der Waals surface area contributed by atoms with Crippen LogP contribution in [-0.4, -0.2) is 19.1 Å². The minimum absolute atomic E-state index is 0.146. The molecule has 0 aromatic heterocycles. The van der Waals surface area contributed by atoms with Gasteiger partial charge in [0, 0.05) is 12.1 Å². The summed E-state index contributed by atoms with van der Waals surface area (Å²) in [7, 11) is 0. The van der Waals surface area contributed by atoms with Crippen molar-refractivity contribution in [2.24, 2.45) is 0 Å². The quantitative estimate of drug-likeness (QED) is 0.718. The van der Waals surface area contributed by atoms with E-state index in [1.165, 1.54) is 6.07 Å². The van der Waals surface area contributed by atoms with Crippen molar-refractivity contribution >= 4 is 12.0 Å². The monoisotopic (exact) mass is 219 g/mol. The van der Waals surface area contributed by atoms with Gasteiger partial charge >= 0.3 is 0 Å². The summed E-state index contributed by atoms with van der Waals surface area (Å²) >= 11 is 0. The normalized spacial score (nSPS) is 17.2. The molecular weight excluding hydrogens is 209 g/mol. The van der Waals surface area contributed by atoms with Crippen LogP contribution in [0.1, 0.15) is 21.5 Å². The third-order valence-corrected chi connectivity index (χ3v) is 2.87. The highest BCUT2D eigenvalue weighted by atomic mass is 19.1. The summed E-state index contributed by atoms with van der Waals surface area (Å²) < 4.78 is 18.9. The number of carbonyl (C=O) groups excluding carboxylic acids is 1. The van der Waals surface area contributed by atoms with E-state index in [0.29, 0.717) is 30.7 Å². The minimum atomic E-state index is -0.382. The van der Waals surface area contributed by atoms with E-state index in [4.69, 9.17) is 4.74 Å². The van der Waals surface area contributed by atoms with E-state index in [1.54, 1.807) is 12.2 Å². The van der Waals surface area contributed by atoms with Crippen molar-refractivity contribution < 1.29 is 13.9 Å². The van der Waals surface area contributed by atoms with Crippen LogP contribution < -0.4 is 10.1 Å². The highest BCUT2D eigenvalue weighted by Gasteiger charge is 2.26. The zero-order chi connectivity index (χ0) is 11.1. The maximum atomic E-state index is 13.7. The summed E-state index contributed by atoms with van der Waals surface area (Å²) in [4.78, 5) is 11.7. The molecule has 3 nitrogen and oxygen atoms in total. The van der Waals surface area contributed by atoms with Gasteiger partial charge in [-0.25, -0.2) is 4.39 Å². The molecule has 0 aliphatic carbocycles. The Morgan fingerprint density at radius 3 is 3.19 bits per heavy atom. The van der Waals surface area contributed by atoms with E-state index in [2.05, 4.69) is 5.32 Å². The van der Waals surface area contributed by atoms with Crippen molar-refractivity contribution in [2.75, 3.05) is 13.2 Å². The Hall–Kier alpha value is -1.84. The zero-order valence-electron chi connectivity index (χ0n) is 8.55. The first kappa shape index (κ1) is 9.39. The topological polar surface area (TPSA) is 38.3 Å². The fourth-order valence-electron chi connectivity index (χ4n) is 2.17. The number of rotatable bonds is 0. The second kappa shape index (κ2) is 3.33. The van der Waals surface area contributed by atoms with Crippen molar-refractivity contribution in [3.8, 4) is 5.75 Å². The molecule has 4 heteroatoms. The van der Waals surface area contributed by atoms with Gasteiger partial charge in [0.15, 0.2) is 11.6 Å². The van der Waals surface area contributed by atoms with Crippen molar-refractivity contribution in [1.29, 1.82) is 0 Å². The second-order valence-electron chi connectivity index (χ2n) is 3.85. The fraction of sp³-hybridized carbons (Fsp3) is 0.250. The molecule has 3 rings (SSSR count). The average Bonchev–Trinajstić information content (AvgIpc) is 2.29. The number of ether oxygens (including phenoxy) is 1. The molecule has 2 aliphatic heterocycles. The molecule has 0 saturated carbocycles. The Morgan fingerprint density at radius 2 is 2.31 bits per heavy atom. The van der Waals surface area contributed by atoms with Crippen LogP contribution in [0.5, 0.6) is 5.75 Å². The molecule has 0 unspecified atom stereocenters. The highest BCUT2D eigenvalue weighted by molar-refractivity contribution is 6.01. The van der Waals surface area contributed by atoms with Crippen LogP contribution in [0, 0.1) is 5.82 Å². The second-order valence-corrected chi connectivity index (χ2v) is 3.85. The molecular formula is C12H10FNO2. The number of hydrogen-bond donors (Lipinski definition) is 1. The smallest absolute Gasteiger partial charge is 0.252 e. The van der Waals surface area contributed by atoms with Crippen LogP contribution in [0.4, 0.5) is 4.39 Å². The number of halogens is 1. The van der Waals surface area contributed by atoms with Crippen molar-refractivity contribution in [1.82, 2.24) is 5.32 Å². The molecule has 0 bridgehead atoms. The summed E-state index contributed by atoms with van der Waals surface area (Å²) in [6.45, 7) is 0.916. The number of nitrogens with one attached hydrogen (secondary N) is 1. The molecule has 0 atom stereocenters. The molecule has 0 fully saturated rings. The van der Waals surface area contributed by atoms with Gasteiger partial charge in [0.05, 0.1) is 5.56 Å². The summed E-state index contributed by atoms with van der Waals surface area (Å²) in [6, 6.07) is 1.41. The summed E-state index contributed by atoms with van der Waals surface area (Å²) in [6.07, 6.45) is 4.20. The largest absolute Gasteiger partial charge is 0.486 e. The maximum Gasteiger partial charge on any atom is 0.252 e. The Bertz CT molecular complexity index is 508. The molecule has 2 aliphatic rings. The lowest BCUT2D eigenvalue weighted by Crippen LogP contribution is -2.33. The van der Waals surface area contributed by atoms with Gasteiger partial charge in [-0.05, 0) is 24.1 Å². The Labute approximate surface area is 91.9 Å². The van der Waals surface area contributed by atoms with E-state index < -0.39 is 0 Å². The standard InChI is InChI=1S/C12H10FNO2/c13-9-6-7-3-4-14-12(15)10(7)8-2-1-5-16-11(8)9/h1-2,6H,3-5H2,(H,14,15). The molecule has 0 radical (unpaired) electrons. The molecule has 1 amide bonds. The molecule has 1 aromatic rings. The molecule has 0 spiro atoms. The first-order valence-corrected chi connectivity index (χ1v) is 5.20. The predicted octanol–water partition coefficient (Wildman–Crippen LogP) is 1.52. The summed E-state index contributed by atoms with van der Waals surface area (Å²) in [5.74, 6) is -0.334. The van der Waals surface area contributed by atoms with Crippen LogP contribution in [0.3, 0.4) is 0 Å². The van der Waals surface area contributed by atoms with E-state index in [-0.39, 0.29) is 17.5 Å². The number of carbonyl (C=O) groups is 1. The number of amides is 1. The first-order valence-electron chi connectivity index (χ1n) is 5.20. The van der Waals surface area contributed by atoms with Crippen molar-refractivity contribution in [2.45, 2.75) is 6.42 Å². The highest BCUT2D eigenvalue weighted by Crippen LogP contribution is 2.33. The van der Waals surface area contributed by atoms with Gasteiger partial charge in [0.1, 0.15) is 6.61 Å². The van der Waals surface area contributed by atoms with E-state index in [0.717, 1.165) is 5.56 Å². The van der Waals surface area contributed by atoms with E-state index in [1.807, 2.05) is 0 Å². The number of benzene rings is 1. The number of fused-ring (bicyclic) bond motifs is 3. The van der Waals surface area contributed by atoms with E-state index in [9.17, 15) is 9.18 Å². The number of hydrogen-bond acceptors (Lipinski definition) is 2. The van der Waals surface area contributed by atoms with E-state index >= 15 is 0 Å². The minimum Gasteiger partial charge on any atom is -0.486 e. The zero-order valence-corrected chi connectivity index (χ0v) is 8.55. The first-order chi connectivity index (χ1) is 7.77. The van der Waals surface area contributed by atoms with Gasteiger partial charge in [-0.1, -0.05) is 6.08 Å². The van der Waals surface area contributed by atoms with Gasteiger partial charge in [-0.15, -0.1) is 0 Å². The van der Waals surface area contributed by atoms with Crippen LogP contribution in [0.25, 0.3) is 6.08 Å². The van der Waals surface area contributed by atoms with Crippen molar-refractivity contribution in [3.05, 3.63) is 34.6 Å². The summed E-state index contributed by atoms with van der Waals surface area (Å²) in [5.41, 5.74) is 1.88. The molecule has 16 heavy (non-hydrogen) atoms. The fourth-order valence-corrected chi connectivity index (χ4v) is 2.17. The van der Waals surface area contributed by atoms with Gasteiger partial charge in [-0.2, -0.15) is 0 Å². The predicted molar refractivity (Wildman–Crippen MR) is 57.0 cm³/mol. The van der Waals surface area contributed by atoms with Gasteiger partial charge in [0.25, 0.3) is 5.91 Å². The molecule has 1 aromatic carbocycles. The van der Waals surface area contributed by atoms with Crippen molar-refractivity contribution in [3.63, 3.8) is 0 Å². The molecule has 1 N–H and O–H groups in total. The third kappa shape index (κ3) is 1.23. The van der Waals surface area contributed by atoms with Crippen LogP contribution in [0.15, 0.2) is 12.1 Å². The average molecular weight is 219 g/mol. The molecule has 0 saturated heterocycles. The molecule has 82 valence electrons. The SMILES string of the molecule is O=C1NCCc2cc(F)c3c(c21)C=CCO3. The molecule has 2 heterocycles. The maximum absolute atomic E-state index is 13.7. The Kier molecular flexibility index (Phi) is 1.96. The van der Waals surface area contributed by atoms with Gasteiger partial charge in [0.2, 0.25) is 0 Å². The van der Waals surface area contributed by atoms with Crippen LogP contribution >= 0.6 is 0 Å². The third-order valence-electron chi connectivity index (χ3n) is 2.87. The summed E-state index contributed by atoms with van der Waals surface area (Å²) in [5, 5.41) is 2.76. The Balaban J connectivity index is 2.31. The van der Waals surface area contributed by atoms with Gasteiger partial charge in [-0.3, -0.25) is 4.79 Å². The lowest BCUT2D eigenvalue weighted by atomic mass is 9.93. The lowest BCUT2D eigenvalue weighted by Gasteiger charge is -2.22. The van der Waals surface area contributed by atoms with Crippen LogP contribution in [0.2, 0.25) is 0 Å².